The second kappa shape index (κ2) is 21.7. The third-order valence-electron chi connectivity index (χ3n) is 6.01. The fourth-order valence-electron chi connectivity index (χ4n) is 3.99. The van der Waals surface area contributed by atoms with Gasteiger partial charge in [0, 0.05) is 12.2 Å². The van der Waals surface area contributed by atoms with Crippen molar-refractivity contribution in [2.24, 2.45) is 0 Å². The van der Waals surface area contributed by atoms with E-state index in [1.54, 1.807) is 0 Å². The van der Waals surface area contributed by atoms with Crippen LogP contribution in [0.1, 0.15) is 148 Å². The average Bonchev–Trinajstić information content (AvgIpc) is 3.21. The second-order valence-electron chi connectivity index (χ2n) is 9.03. The highest BCUT2D eigenvalue weighted by molar-refractivity contribution is 7.99. The third-order valence-corrected chi connectivity index (χ3v) is 6.94. The van der Waals surface area contributed by atoms with Crippen LogP contribution in [-0.2, 0) is 6.42 Å². The smallest absolute Gasteiger partial charge is 0.208 e. The summed E-state index contributed by atoms with van der Waals surface area (Å²) >= 11 is 1.82. The van der Waals surface area contributed by atoms with Crippen LogP contribution in [-0.4, -0.2) is 20.9 Å². The Bertz CT molecular complexity index is 461. The molecule has 0 amide bonds. The lowest BCUT2D eigenvalue weighted by Crippen LogP contribution is -1.89. The van der Waals surface area contributed by atoms with Crippen LogP contribution < -0.4 is 0 Å². The number of H-pyrrole nitrogens is 1. The molecule has 0 fully saturated rings. The van der Waals surface area contributed by atoms with Crippen LogP contribution in [0.4, 0.5) is 0 Å². The standard InChI is InChI=1S/C26H51N3S/c1-3-5-7-9-11-12-13-14-15-16-17-18-20-22-24-30-26-27-25(28-29-26)23-21-19-10-8-6-4-2/h3-24H2,1-2H3,(H,27,28,29). The first-order valence-corrected chi connectivity index (χ1v) is 14.4. The highest BCUT2D eigenvalue weighted by Crippen LogP contribution is 2.17. The van der Waals surface area contributed by atoms with Crippen LogP contribution in [0.5, 0.6) is 0 Å². The number of hydrogen-bond acceptors (Lipinski definition) is 3. The summed E-state index contributed by atoms with van der Waals surface area (Å²) in [4.78, 5) is 4.64. The molecule has 1 N–H and O–H groups in total. The number of aromatic nitrogens is 3. The number of nitrogens with zero attached hydrogens (tertiary/aromatic N) is 2. The molecule has 0 saturated heterocycles. The summed E-state index contributed by atoms with van der Waals surface area (Å²) in [6.45, 7) is 4.56. The highest BCUT2D eigenvalue weighted by Gasteiger charge is 2.04. The summed E-state index contributed by atoms with van der Waals surface area (Å²) in [5.41, 5.74) is 0. The molecule has 0 aromatic carbocycles. The van der Waals surface area contributed by atoms with Crippen molar-refractivity contribution in [2.45, 2.75) is 154 Å². The van der Waals surface area contributed by atoms with E-state index in [4.69, 9.17) is 0 Å². The fraction of sp³-hybridized carbons (Fsp3) is 0.923. The summed E-state index contributed by atoms with van der Waals surface area (Å²) in [5, 5.41) is 8.45. The Morgan fingerprint density at radius 2 is 1.00 bits per heavy atom. The normalized spacial score (nSPS) is 11.4. The van der Waals surface area contributed by atoms with Gasteiger partial charge in [0.2, 0.25) is 5.16 Å². The molecule has 0 aliphatic rings. The SMILES string of the molecule is CCCCCCCCCCCCCCCCSc1n[nH]c(CCCCCCCC)n1. The predicted molar refractivity (Wildman–Crippen MR) is 134 cm³/mol. The minimum absolute atomic E-state index is 0.950. The van der Waals surface area contributed by atoms with Crippen molar-refractivity contribution < 1.29 is 0 Å². The Hall–Kier alpha value is -0.510. The van der Waals surface area contributed by atoms with E-state index in [0.717, 1.165) is 23.2 Å². The number of hydrogen-bond donors (Lipinski definition) is 1. The van der Waals surface area contributed by atoms with Crippen LogP contribution in [0.2, 0.25) is 0 Å². The van der Waals surface area contributed by atoms with Gasteiger partial charge in [-0.25, -0.2) is 4.98 Å². The number of thioether (sulfide) groups is 1. The molecule has 3 nitrogen and oxygen atoms in total. The van der Waals surface area contributed by atoms with Crippen molar-refractivity contribution in [1.82, 2.24) is 15.2 Å². The van der Waals surface area contributed by atoms with E-state index in [1.807, 2.05) is 11.8 Å². The van der Waals surface area contributed by atoms with Crippen LogP contribution >= 0.6 is 11.8 Å². The molecule has 0 atom stereocenters. The molecular weight excluding hydrogens is 386 g/mol. The van der Waals surface area contributed by atoms with Crippen molar-refractivity contribution >= 4 is 11.8 Å². The fourth-order valence-corrected chi connectivity index (χ4v) is 4.80. The summed E-state index contributed by atoms with van der Waals surface area (Å²) in [7, 11) is 0. The Labute approximate surface area is 192 Å². The number of aryl methyl sites for hydroxylation is 1. The summed E-state index contributed by atoms with van der Waals surface area (Å²) in [6, 6.07) is 0. The lowest BCUT2D eigenvalue weighted by Gasteiger charge is -2.03. The van der Waals surface area contributed by atoms with Crippen LogP contribution in [0.3, 0.4) is 0 Å². The average molecular weight is 438 g/mol. The zero-order valence-corrected chi connectivity index (χ0v) is 21.2. The van der Waals surface area contributed by atoms with Crippen molar-refractivity contribution in [2.75, 3.05) is 5.75 Å². The number of nitrogens with one attached hydrogen (secondary N) is 1. The molecule has 1 aromatic heterocycles. The van der Waals surface area contributed by atoms with E-state index in [-0.39, 0.29) is 0 Å². The molecule has 0 radical (unpaired) electrons. The van der Waals surface area contributed by atoms with Gasteiger partial charge in [-0.1, -0.05) is 141 Å². The molecular formula is C26H51N3S. The molecule has 0 saturated carbocycles. The van der Waals surface area contributed by atoms with E-state index in [2.05, 4.69) is 29.0 Å². The zero-order chi connectivity index (χ0) is 21.5. The van der Waals surface area contributed by atoms with Crippen molar-refractivity contribution in [1.29, 1.82) is 0 Å². The molecule has 1 aromatic rings. The molecule has 0 spiro atoms. The summed E-state index contributed by atoms with van der Waals surface area (Å²) in [5.74, 6) is 2.24. The number of rotatable bonds is 23. The first kappa shape index (κ1) is 27.5. The molecule has 30 heavy (non-hydrogen) atoms. The largest absolute Gasteiger partial charge is 0.262 e. The van der Waals surface area contributed by atoms with E-state index < -0.39 is 0 Å². The second-order valence-corrected chi connectivity index (χ2v) is 10.1. The minimum Gasteiger partial charge on any atom is -0.262 e. The molecule has 0 bridgehead atoms. The number of aromatic amines is 1. The lowest BCUT2D eigenvalue weighted by atomic mass is 10.0. The van der Waals surface area contributed by atoms with Gasteiger partial charge in [0.25, 0.3) is 0 Å². The van der Waals surface area contributed by atoms with Gasteiger partial charge in [-0.3, -0.25) is 5.10 Å². The monoisotopic (exact) mass is 437 g/mol. The van der Waals surface area contributed by atoms with E-state index in [9.17, 15) is 0 Å². The molecule has 0 aliphatic heterocycles. The maximum atomic E-state index is 4.64. The van der Waals surface area contributed by atoms with Crippen LogP contribution in [0, 0.1) is 0 Å². The molecule has 0 aliphatic carbocycles. The first-order valence-electron chi connectivity index (χ1n) is 13.4. The third kappa shape index (κ3) is 17.2. The topological polar surface area (TPSA) is 41.6 Å². The van der Waals surface area contributed by atoms with E-state index in [0.29, 0.717) is 0 Å². The zero-order valence-electron chi connectivity index (χ0n) is 20.4. The van der Waals surface area contributed by atoms with Gasteiger partial charge in [-0.05, 0) is 12.8 Å². The summed E-state index contributed by atoms with van der Waals surface area (Å²) < 4.78 is 0. The highest BCUT2D eigenvalue weighted by atomic mass is 32.2. The quantitative estimate of drug-likeness (QED) is 0.137. The van der Waals surface area contributed by atoms with Crippen LogP contribution in [0.15, 0.2) is 5.16 Å². The Morgan fingerprint density at radius 3 is 1.50 bits per heavy atom. The molecule has 0 unspecified atom stereocenters. The molecule has 1 rings (SSSR count). The molecule has 176 valence electrons. The van der Waals surface area contributed by atoms with Gasteiger partial charge in [0.1, 0.15) is 5.82 Å². The van der Waals surface area contributed by atoms with E-state index in [1.165, 1.54) is 128 Å². The van der Waals surface area contributed by atoms with Crippen molar-refractivity contribution in [3.05, 3.63) is 5.82 Å². The first-order chi connectivity index (χ1) is 14.9. The van der Waals surface area contributed by atoms with Crippen molar-refractivity contribution in [3.63, 3.8) is 0 Å². The number of unbranched alkanes of at least 4 members (excludes halogenated alkanes) is 18. The van der Waals surface area contributed by atoms with Gasteiger partial charge < -0.3 is 0 Å². The lowest BCUT2D eigenvalue weighted by molar-refractivity contribution is 0.538. The predicted octanol–water partition coefficient (Wildman–Crippen LogP) is 9.28. The van der Waals surface area contributed by atoms with Crippen molar-refractivity contribution in [3.8, 4) is 0 Å². The van der Waals surface area contributed by atoms with Gasteiger partial charge in [-0.2, -0.15) is 0 Å². The van der Waals surface area contributed by atoms with Gasteiger partial charge in [0.15, 0.2) is 0 Å². The van der Waals surface area contributed by atoms with Gasteiger partial charge in [-0.15, -0.1) is 5.10 Å². The Kier molecular flexibility index (Phi) is 19.9. The van der Waals surface area contributed by atoms with Gasteiger partial charge >= 0.3 is 0 Å². The Balaban J connectivity index is 1.82. The van der Waals surface area contributed by atoms with Crippen LogP contribution in [0.25, 0.3) is 0 Å². The maximum Gasteiger partial charge on any atom is 0.208 e. The van der Waals surface area contributed by atoms with Gasteiger partial charge in [0.05, 0.1) is 0 Å². The molecule has 1 heterocycles. The molecule has 4 heteroatoms. The minimum atomic E-state index is 0.950. The van der Waals surface area contributed by atoms with E-state index >= 15 is 0 Å². The Morgan fingerprint density at radius 1 is 0.567 bits per heavy atom. The maximum absolute atomic E-state index is 4.64. The summed E-state index contributed by atoms with van der Waals surface area (Å²) in [6.07, 6.45) is 28.9.